The molecular formula is C10H17ClN6O. The molecule has 0 radical (unpaired) electrons. The van der Waals surface area contributed by atoms with E-state index >= 15 is 0 Å². The van der Waals surface area contributed by atoms with E-state index in [1.165, 1.54) is 0 Å². The SMILES string of the molecule is CCNc1nc(Cl)nc(NC(C(N)=O)C(C)C)n1. The number of anilines is 2. The first kappa shape index (κ1) is 14.4. The standard InChI is InChI=1S/C10H17ClN6O/c1-4-13-9-15-8(11)16-10(17-9)14-6(5(2)3)7(12)18/h5-6H,4H2,1-3H3,(H2,12,18)(H2,13,14,15,16,17). The number of nitrogens with two attached hydrogens (primary N) is 1. The third-order valence-corrected chi connectivity index (χ3v) is 2.37. The van der Waals surface area contributed by atoms with Crippen LogP contribution in [0.4, 0.5) is 11.9 Å². The number of hydrogen-bond donors (Lipinski definition) is 3. The van der Waals surface area contributed by atoms with Crippen LogP contribution in [0.5, 0.6) is 0 Å². The Balaban J connectivity index is 2.91. The first-order chi connectivity index (χ1) is 8.43. The Morgan fingerprint density at radius 2 is 1.94 bits per heavy atom. The van der Waals surface area contributed by atoms with E-state index in [9.17, 15) is 4.79 Å². The molecule has 1 atom stereocenters. The lowest BCUT2D eigenvalue weighted by atomic mass is 10.0. The van der Waals surface area contributed by atoms with Gasteiger partial charge in [0.2, 0.25) is 23.1 Å². The normalized spacial score (nSPS) is 12.3. The molecule has 0 aromatic carbocycles. The van der Waals surface area contributed by atoms with Gasteiger partial charge in [-0.3, -0.25) is 4.79 Å². The summed E-state index contributed by atoms with van der Waals surface area (Å²) < 4.78 is 0. The molecule has 1 aromatic rings. The van der Waals surface area contributed by atoms with Crippen LogP contribution >= 0.6 is 11.6 Å². The fraction of sp³-hybridized carbons (Fsp3) is 0.600. The Morgan fingerprint density at radius 1 is 1.33 bits per heavy atom. The van der Waals surface area contributed by atoms with Crippen molar-refractivity contribution in [3.8, 4) is 0 Å². The molecule has 18 heavy (non-hydrogen) atoms. The third kappa shape index (κ3) is 3.99. The lowest BCUT2D eigenvalue weighted by molar-refractivity contribution is -0.119. The van der Waals surface area contributed by atoms with Gasteiger partial charge in [-0.1, -0.05) is 13.8 Å². The average molecular weight is 273 g/mol. The van der Waals surface area contributed by atoms with Crippen molar-refractivity contribution in [1.29, 1.82) is 0 Å². The van der Waals surface area contributed by atoms with Crippen LogP contribution in [0.25, 0.3) is 0 Å². The number of halogens is 1. The zero-order valence-corrected chi connectivity index (χ0v) is 11.3. The van der Waals surface area contributed by atoms with Gasteiger partial charge < -0.3 is 16.4 Å². The molecule has 1 heterocycles. The van der Waals surface area contributed by atoms with E-state index in [1.54, 1.807) is 0 Å². The summed E-state index contributed by atoms with van der Waals surface area (Å²) in [6, 6.07) is -0.557. The Labute approximate surface area is 111 Å². The number of rotatable bonds is 6. The summed E-state index contributed by atoms with van der Waals surface area (Å²) in [6.07, 6.45) is 0. The lowest BCUT2D eigenvalue weighted by Crippen LogP contribution is -2.40. The maximum atomic E-state index is 11.3. The van der Waals surface area contributed by atoms with Gasteiger partial charge in [0.25, 0.3) is 0 Å². The van der Waals surface area contributed by atoms with Crippen molar-refractivity contribution >= 4 is 29.4 Å². The number of carbonyl (C=O) groups excluding carboxylic acids is 1. The number of primary amides is 1. The smallest absolute Gasteiger partial charge is 0.240 e. The van der Waals surface area contributed by atoms with Gasteiger partial charge in [0.15, 0.2) is 0 Å². The maximum Gasteiger partial charge on any atom is 0.240 e. The molecule has 1 aromatic heterocycles. The van der Waals surface area contributed by atoms with Gasteiger partial charge in [-0.05, 0) is 24.4 Å². The summed E-state index contributed by atoms with van der Waals surface area (Å²) >= 11 is 5.77. The van der Waals surface area contributed by atoms with Gasteiger partial charge >= 0.3 is 0 Å². The summed E-state index contributed by atoms with van der Waals surface area (Å²) in [7, 11) is 0. The van der Waals surface area contributed by atoms with Crippen LogP contribution in [0.1, 0.15) is 20.8 Å². The Morgan fingerprint density at radius 3 is 2.44 bits per heavy atom. The van der Waals surface area contributed by atoms with Gasteiger partial charge in [-0.25, -0.2) is 0 Å². The van der Waals surface area contributed by atoms with Crippen LogP contribution in [0.2, 0.25) is 5.28 Å². The van der Waals surface area contributed by atoms with Crippen LogP contribution < -0.4 is 16.4 Å². The Hall–Kier alpha value is -1.63. The first-order valence-corrected chi connectivity index (χ1v) is 6.03. The zero-order valence-electron chi connectivity index (χ0n) is 10.6. The molecule has 0 bridgehead atoms. The molecule has 100 valence electrons. The highest BCUT2D eigenvalue weighted by Crippen LogP contribution is 2.12. The van der Waals surface area contributed by atoms with Crippen LogP contribution in [0, 0.1) is 5.92 Å². The summed E-state index contributed by atoms with van der Waals surface area (Å²) in [6.45, 7) is 6.31. The van der Waals surface area contributed by atoms with Crippen LogP contribution in [0.15, 0.2) is 0 Å². The summed E-state index contributed by atoms with van der Waals surface area (Å²) in [4.78, 5) is 23.2. The minimum atomic E-state index is -0.557. The molecule has 8 heteroatoms. The van der Waals surface area contributed by atoms with E-state index in [0.717, 1.165) is 0 Å². The molecule has 0 aliphatic heterocycles. The average Bonchev–Trinajstić information content (AvgIpc) is 2.24. The summed E-state index contributed by atoms with van der Waals surface area (Å²) in [5.41, 5.74) is 5.30. The van der Waals surface area contributed by atoms with Crippen molar-refractivity contribution in [1.82, 2.24) is 15.0 Å². The molecule has 0 fully saturated rings. The highest BCUT2D eigenvalue weighted by molar-refractivity contribution is 6.28. The quantitative estimate of drug-likeness (QED) is 0.710. The van der Waals surface area contributed by atoms with E-state index in [1.807, 2.05) is 20.8 Å². The predicted molar refractivity (Wildman–Crippen MR) is 70.4 cm³/mol. The van der Waals surface area contributed by atoms with E-state index in [-0.39, 0.29) is 17.1 Å². The maximum absolute atomic E-state index is 11.3. The van der Waals surface area contributed by atoms with Crippen molar-refractivity contribution in [3.63, 3.8) is 0 Å². The van der Waals surface area contributed by atoms with Gasteiger partial charge in [0, 0.05) is 6.54 Å². The first-order valence-electron chi connectivity index (χ1n) is 5.65. The molecule has 7 nitrogen and oxygen atoms in total. The van der Waals surface area contributed by atoms with Crippen molar-refractivity contribution in [2.45, 2.75) is 26.8 Å². The number of aromatic nitrogens is 3. The second-order valence-electron chi connectivity index (χ2n) is 4.05. The minimum absolute atomic E-state index is 0.0145. The fourth-order valence-electron chi connectivity index (χ4n) is 1.36. The lowest BCUT2D eigenvalue weighted by Gasteiger charge is -2.18. The fourth-order valence-corrected chi connectivity index (χ4v) is 1.52. The Kier molecular flexibility index (Phi) is 5.08. The van der Waals surface area contributed by atoms with E-state index in [4.69, 9.17) is 17.3 Å². The van der Waals surface area contributed by atoms with Crippen molar-refractivity contribution in [3.05, 3.63) is 5.28 Å². The van der Waals surface area contributed by atoms with Gasteiger partial charge in [-0.2, -0.15) is 15.0 Å². The van der Waals surface area contributed by atoms with E-state index in [2.05, 4.69) is 25.6 Å². The highest BCUT2D eigenvalue weighted by Gasteiger charge is 2.20. The molecule has 1 rings (SSSR count). The molecule has 4 N–H and O–H groups in total. The molecule has 1 unspecified atom stereocenters. The van der Waals surface area contributed by atoms with Crippen molar-refractivity contribution in [2.24, 2.45) is 11.7 Å². The summed E-state index contributed by atoms with van der Waals surface area (Å²) in [5, 5.41) is 5.83. The molecule has 1 amide bonds. The number of nitrogens with zero attached hydrogens (tertiary/aromatic N) is 3. The molecule has 0 spiro atoms. The third-order valence-electron chi connectivity index (χ3n) is 2.20. The number of amides is 1. The predicted octanol–water partition coefficient (Wildman–Crippen LogP) is 0.879. The van der Waals surface area contributed by atoms with Crippen LogP contribution in [0.3, 0.4) is 0 Å². The molecule has 0 aliphatic rings. The molecule has 0 saturated heterocycles. The van der Waals surface area contributed by atoms with Crippen LogP contribution in [-0.2, 0) is 4.79 Å². The molecular weight excluding hydrogens is 256 g/mol. The van der Waals surface area contributed by atoms with Crippen molar-refractivity contribution in [2.75, 3.05) is 17.2 Å². The minimum Gasteiger partial charge on any atom is -0.368 e. The topological polar surface area (TPSA) is 106 Å². The zero-order chi connectivity index (χ0) is 13.7. The van der Waals surface area contributed by atoms with Crippen molar-refractivity contribution < 1.29 is 4.79 Å². The molecule has 0 aliphatic carbocycles. The van der Waals surface area contributed by atoms with Gasteiger partial charge in [0.05, 0.1) is 0 Å². The van der Waals surface area contributed by atoms with E-state index < -0.39 is 11.9 Å². The Bertz CT molecular complexity index is 425. The number of nitrogens with one attached hydrogen (secondary N) is 2. The monoisotopic (exact) mass is 272 g/mol. The second-order valence-corrected chi connectivity index (χ2v) is 4.39. The van der Waals surface area contributed by atoms with Crippen LogP contribution in [-0.4, -0.2) is 33.4 Å². The number of hydrogen-bond acceptors (Lipinski definition) is 6. The largest absolute Gasteiger partial charge is 0.368 e. The van der Waals surface area contributed by atoms with Gasteiger partial charge in [-0.15, -0.1) is 0 Å². The molecule has 0 saturated carbocycles. The summed E-state index contributed by atoms with van der Waals surface area (Å²) in [5.74, 6) is 0.127. The highest BCUT2D eigenvalue weighted by atomic mass is 35.5. The number of carbonyl (C=O) groups is 1. The van der Waals surface area contributed by atoms with Gasteiger partial charge in [0.1, 0.15) is 6.04 Å². The second kappa shape index (κ2) is 6.34. The van der Waals surface area contributed by atoms with E-state index in [0.29, 0.717) is 12.5 Å².